The van der Waals surface area contributed by atoms with Crippen molar-refractivity contribution in [3.63, 3.8) is 0 Å². The van der Waals surface area contributed by atoms with Gasteiger partial charge in [-0.25, -0.2) is 0 Å². The van der Waals surface area contributed by atoms with Crippen molar-refractivity contribution < 1.29 is 9.59 Å². The first kappa shape index (κ1) is 13.5. The van der Waals surface area contributed by atoms with Crippen molar-refractivity contribution in [2.75, 3.05) is 11.9 Å². The van der Waals surface area contributed by atoms with E-state index in [4.69, 9.17) is 11.6 Å². The zero-order chi connectivity index (χ0) is 12.7. The monoisotopic (exact) mass is 254 g/mol. The van der Waals surface area contributed by atoms with Crippen molar-refractivity contribution in [3.8, 4) is 0 Å². The summed E-state index contributed by atoms with van der Waals surface area (Å²) in [7, 11) is 0. The van der Waals surface area contributed by atoms with E-state index in [1.165, 1.54) is 0 Å². The lowest BCUT2D eigenvalue weighted by Crippen LogP contribution is -2.32. The Balaban J connectivity index is 2.25. The molecule has 0 aromatic heterocycles. The molecule has 5 heteroatoms. The Morgan fingerprint density at radius 3 is 2.53 bits per heavy atom. The van der Waals surface area contributed by atoms with Crippen LogP contribution in [0.5, 0.6) is 0 Å². The van der Waals surface area contributed by atoms with Gasteiger partial charge in [0.25, 0.3) is 0 Å². The minimum Gasteiger partial charge on any atom is -0.354 e. The van der Waals surface area contributed by atoms with Crippen molar-refractivity contribution in [2.45, 2.75) is 18.7 Å². The van der Waals surface area contributed by atoms with E-state index in [9.17, 15) is 9.59 Å². The summed E-state index contributed by atoms with van der Waals surface area (Å²) in [4.78, 5) is 22.6. The molecule has 0 bridgehead atoms. The average molecular weight is 255 g/mol. The van der Waals surface area contributed by atoms with Crippen LogP contribution in [-0.2, 0) is 9.59 Å². The molecule has 0 aliphatic carbocycles. The van der Waals surface area contributed by atoms with Crippen LogP contribution in [-0.4, -0.2) is 23.7 Å². The minimum absolute atomic E-state index is 0.140. The molecule has 0 aliphatic rings. The smallest absolute Gasteiger partial charge is 0.237 e. The van der Waals surface area contributed by atoms with Crippen LogP contribution < -0.4 is 10.6 Å². The van der Waals surface area contributed by atoms with Crippen LogP contribution in [0.25, 0.3) is 0 Å². The van der Waals surface area contributed by atoms with Crippen molar-refractivity contribution in [1.29, 1.82) is 0 Å². The van der Waals surface area contributed by atoms with Gasteiger partial charge in [-0.1, -0.05) is 18.2 Å². The molecule has 2 amide bonds. The fraction of sp³-hybridized carbons (Fsp3) is 0.333. The van der Waals surface area contributed by atoms with Gasteiger partial charge in [0.2, 0.25) is 11.8 Å². The Morgan fingerprint density at radius 1 is 1.29 bits per heavy atom. The minimum atomic E-state index is -0.577. The standard InChI is InChI=1S/C12H15ClN2O2/c1-9(13)12(17)14-8-7-11(16)15-10-5-3-2-4-6-10/h2-6,9H,7-8H2,1H3,(H,14,17)(H,15,16)/t9-/m1/s1. The van der Waals surface area contributed by atoms with Gasteiger partial charge in [0.15, 0.2) is 0 Å². The van der Waals surface area contributed by atoms with E-state index >= 15 is 0 Å². The summed E-state index contributed by atoms with van der Waals surface area (Å²) >= 11 is 5.56. The second kappa shape index (κ2) is 6.91. The molecule has 1 aromatic rings. The highest BCUT2D eigenvalue weighted by molar-refractivity contribution is 6.30. The molecule has 1 aromatic carbocycles. The number of carbonyl (C=O) groups excluding carboxylic acids is 2. The van der Waals surface area contributed by atoms with Crippen LogP contribution in [0.3, 0.4) is 0 Å². The molecule has 92 valence electrons. The third-order valence-corrected chi connectivity index (χ3v) is 2.27. The van der Waals surface area contributed by atoms with Crippen molar-refractivity contribution >= 4 is 29.1 Å². The van der Waals surface area contributed by atoms with Crippen LogP contribution in [0.4, 0.5) is 5.69 Å². The first-order valence-corrected chi connectivity index (χ1v) is 5.80. The van der Waals surface area contributed by atoms with Gasteiger partial charge in [-0.15, -0.1) is 11.6 Å². The maximum Gasteiger partial charge on any atom is 0.237 e. The Morgan fingerprint density at radius 2 is 1.94 bits per heavy atom. The van der Waals surface area contributed by atoms with Gasteiger partial charge in [0, 0.05) is 18.7 Å². The Labute approximate surface area is 105 Å². The molecular weight excluding hydrogens is 240 g/mol. The number of carbonyl (C=O) groups is 2. The molecule has 0 saturated heterocycles. The van der Waals surface area contributed by atoms with E-state index in [1.807, 2.05) is 18.2 Å². The molecule has 4 nitrogen and oxygen atoms in total. The number of rotatable bonds is 5. The zero-order valence-electron chi connectivity index (χ0n) is 9.57. The third-order valence-electron chi connectivity index (χ3n) is 2.07. The van der Waals surface area contributed by atoms with E-state index in [0.717, 1.165) is 5.69 Å². The van der Waals surface area contributed by atoms with Gasteiger partial charge in [-0.05, 0) is 19.1 Å². The number of para-hydroxylation sites is 1. The predicted octanol–water partition coefficient (Wildman–Crippen LogP) is 1.76. The lowest BCUT2D eigenvalue weighted by Gasteiger charge is -2.07. The van der Waals surface area contributed by atoms with Gasteiger partial charge in [-0.2, -0.15) is 0 Å². The van der Waals surface area contributed by atoms with Crippen LogP contribution in [0.1, 0.15) is 13.3 Å². The molecule has 2 N–H and O–H groups in total. The summed E-state index contributed by atoms with van der Waals surface area (Å²) in [6.45, 7) is 1.87. The summed E-state index contributed by atoms with van der Waals surface area (Å²) in [6, 6.07) is 9.16. The van der Waals surface area contributed by atoms with Gasteiger partial charge in [0.1, 0.15) is 5.38 Å². The molecule has 17 heavy (non-hydrogen) atoms. The maximum atomic E-state index is 11.5. The number of anilines is 1. The van der Waals surface area contributed by atoms with E-state index in [-0.39, 0.29) is 24.8 Å². The van der Waals surface area contributed by atoms with Gasteiger partial charge >= 0.3 is 0 Å². The SMILES string of the molecule is C[C@@H](Cl)C(=O)NCCC(=O)Nc1ccccc1. The molecule has 0 aliphatic heterocycles. The quantitative estimate of drug-likeness (QED) is 0.787. The number of benzene rings is 1. The van der Waals surface area contributed by atoms with Crippen LogP contribution in [0.2, 0.25) is 0 Å². The molecular formula is C12H15ClN2O2. The van der Waals surface area contributed by atoms with Gasteiger partial charge in [0.05, 0.1) is 0 Å². The predicted molar refractivity (Wildman–Crippen MR) is 68.0 cm³/mol. The first-order chi connectivity index (χ1) is 8.09. The summed E-state index contributed by atoms with van der Waals surface area (Å²) in [6.07, 6.45) is 0.226. The van der Waals surface area contributed by atoms with Crippen molar-refractivity contribution in [1.82, 2.24) is 5.32 Å². The second-order valence-corrected chi connectivity index (χ2v) is 4.23. The number of nitrogens with one attached hydrogen (secondary N) is 2. The molecule has 1 atom stereocenters. The summed E-state index contributed by atoms with van der Waals surface area (Å²) < 4.78 is 0. The van der Waals surface area contributed by atoms with Crippen molar-refractivity contribution in [3.05, 3.63) is 30.3 Å². The number of amides is 2. The van der Waals surface area contributed by atoms with E-state index in [2.05, 4.69) is 10.6 Å². The van der Waals surface area contributed by atoms with E-state index in [0.29, 0.717) is 0 Å². The van der Waals surface area contributed by atoms with Gasteiger partial charge in [-0.3, -0.25) is 9.59 Å². The highest BCUT2D eigenvalue weighted by Gasteiger charge is 2.08. The molecule has 1 rings (SSSR count). The summed E-state index contributed by atoms with van der Waals surface area (Å²) in [5, 5.41) is 4.71. The summed E-state index contributed by atoms with van der Waals surface area (Å²) in [5.41, 5.74) is 0.745. The Hall–Kier alpha value is -1.55. The lowest BCUT2D eigenvalue weighted by atomic mass is 10.3. The fourth-order valence-electron chi connectivity index (χ4n) is 1.18. The normalized spacial score (nSPS) is 11.6. The largest absolute Gasteiger partial charge is 0.354 e. The van der Waals surface area contributed by atoms with Crippen LogP contribution in [0, 0.1) is 0 Å². The highest BCUT2D eigenvalue weighted by Crippen LogP contribution is 2.04. The van der Waals surface area contributed by atoms with Gasteiger partial charge < -0.3 is 10.6 Å². The topological polar surface area (TPSA) is 58.2 Å². The molecule has 0 heterocycles. The average Bonchev–Trinajstić information content (AvgIpc) is 2.30. The summed E-state index contributed by atoms with van der Waals surface area (Å²) in [5.74, 6) is -0.405. The molecule has 0 saturated carbocycles. The Kier molecular flexibility index (Phi) is 5.49. The van der Waals surface area contributed by atoms with Crippen LogP contribution >= 0.6 is 11.6 Å². The number of hydrogen-bond donors (Lipinski definition) is 2. The first-order valence-electron chi connectivity index (χ1n) is 5.36. The molecule has 0 unspecified atom stereocenters. The Bertz CT molecular complexity index is 379. The molecule has 0 radical (unpaired) electrons. The third kappa shape index (κ3) is 5.36. The number of hydrogen-bond acceptors (Lipinski definition) is 2. The van der Waals surface area contributed by atoms with E-state index < -0.39 is 5.38 Å². The van der Waals surface area contributed by atoms with Crippen LogP contribution in [0.15, 0.2) is 30.3 Å². The number of alkyl halides is 1. The van der Waals surface area contributed by atoms with Crippen molar-refractivity contribution in [2.24, 2.45) is 0 Å². The fourth-order valence-corrected chi connectivity index (χ4v) is 1.26. The maximum absolute atomic E-state index is 11.5. The zero-order valence-corrected chi connectivity index (χ0v) is 10.3. The van der Waals surface area contributed by atoms with E-state index in [1.54, 1.807) is 19.1 Å². The number of halogens is 1. The lowest BCUT2D eigenvalue weighted by molar-refractivity contribution is -0.120. The highest BCUT2D eigenvalue weighted by atomic mass is 35.5. The second-order valence-electron chi connectivity index (χ2n) is 3.57. The molecule has 0 spiro atoms. The molecule has 0 fully saturated rings.